The number of rotatable bonds is 4. The molecule has 1 N–H and O–H groups in total. The van der Waals surface area contributed by atoms with E-state index in [1.807, 2.05) is 7.11 Å². The van der Waals surface area contributed by atoms with Gasteiger partial charge >= 0.3 is 0 Å². The number of hydrogen-bond donors (Lipinski definition) is 1. The molecular formula is C11H19NO. The van der Waals surface area contributed by atoms with Crippen LogP contribution in [0.25, 0.3) is 0 Å². The molecule has 0 aromatic rings. The van der Waals surface area contributed by atoms with Crippen molar-refractivity contribution in [2.75, 3.05) is 13.7 Å². The summed E-state index contributed by atoms with van der Waals surface area (Å²) in [7, 11) is 1.84. The summed E-state index contributed by atoms with van der Waals surface area (Å²) in [5.41, 5.74) is 0.739. The molecule has 3 saturated carbocycles. The Labute approximate surface area is 80.0 Å². The van der Waals surface area contributed by atoms with E-state index < -0.39 is 0 Å². The van der Waals surface area contributed by atoms with Gasteiger partial charge in [-0.1, -0.05) is 0 Å². The van der Waals surface area contributed by atoms with E-state index in [1.54, 1.807) is 0 Å². The van der Waals surface area contributed by atoms with Crippen molar-refractivity contribution < 1.29 is 4.74 Å². The highest BCUT2D eigenvalue weighted by Crippen LogP contribution is 2.65. The summed E-state index contributed by atoms with van der Waals surface area (Å²) in [6.07, 6.45) is 7.56. The highest BCUT2D eigenvalue weighted by molar-refractivity contribution is 5.12. The zero-order valence-electron chi connectivity index (χ0n) is 8.38. The van der Waals surface area contributed by atoms with Crippen molar-refractivity contribution in [1.82, 2.24) is 5.32 Å². The number of nitrogens with one attached hydrogen (secondary N) is 1. The fourth-order valence-corrected chi connectivity index (χ4v) is 2.83. The third-order valence-electron chi connectivity index (χ3n) is 4.19. The van der Waals surface area contributed by atoms with Gasteiger partial charge in [-0.05, 0) is 50.0 Å². The summed E-state index contributed by atoms with van der Waals surface area (Å²) >= 11 is 0. The normalized spacial score (nSPS) is 47.8. The van der Waals surface area contributed by atoms with Crippen LogP contribution in [0.15, 0.2) is 0 Å². The van der Waals surface area contributed by atoms with Gasteiger partial charge in [0.25, 0.3) is 0 Å². The molecule has 1 atom stereocenters. The maximum atomic E-state index is 5.33. The van der Waals surface area contributed by atoms with Gasteiger partial charge in [0.2, 0.25) is 0 Å². The van der Waals surface area contributed by atoms with Crippen LogP contribution in [0, 0.1) is 11.3 Å². The van der Waals surface area contributed by atoms with Crippen molar-refractivity contribution >= 4 is 0 Å². The monoisotopic (exact) mass is 181 g/mol. The van der Waals surface area contributed by atoms with Crippen molar-refractivity contribution in [2.24, 2.45) is 11.3 Å². The molecule has 0 bridgehead atoms. The largest absolute Gasteiger partial charge is 0.381 e. The van der Waals surface area contributed by atoms with Gasteiger partial charge in [-0.15, -0.1) is 0 Å². The molecule has 0 aromatic carbocycles. The minimum absolute atomic E-state index is 0.589. The Kier molecular flexibility index (Phi) is 1.72. The van der Waals surface area contributed by atoms with E-state index in [1.165, 1.54) is 38.6 Å². The first-order chi connectivity index (χ1) is 6.32. The summed E-state index contributed by atoms with van der Waals surface area (Å²) < 4.78 is 5.33. The summed E-state index contributed by atoms with van der Waals surface area (Å²) in [5.74, 6) is 0.986. The van der Waals surface area contributed by atoms with E-state index in [-0.39, 0.29) is 0 Å². The molecule has 0 radical (unpaired) electrons. The molecule has 2 heteroatoms. The summed E-state index contributed by atoms with van der Waals surface area (Å²) in [6, 6.07) is 0.885. The van der Waals surface area contributed by atoms with E-state index in [0.717, 1.165) is 17.4 Å². The lowest BCUT2D eigenvalue weighted by Crippen LogP contribution is -2.35. The zero-order valence-corrected chi connectivity index (χ0v) is 8.38. The molecule has 0 aromatic heterocycles. The van der Waals surface area contributed by atoms with Crippen LogP contribution < -0.4 is 5.32 Å². The molecule has 3 rings (SSSR count). The van der Waals surface area contributed by atoms with Gasteiger partial charge in [-0.2, -0.15) is 0 Å². The second-order valence-corrected chi connectivity index (χ2v) is 5.21. The Morgan fingerprint density at radius 1 is 1.31 bits per heavy atom. The van der Waals surface area contributed by atoms with Crippen LogP contribution in [-0.4, -0.2) is 25.8 Å². The van der Waals surface area contributed by atoms with Crippen molar-refractivity contribution in [1.29, 1.82) is 0 Å². The van der Waals surface area contributed by atoms with Gasteiger partial charge in [0.15, 0.2) is 0 Å². The maximum Gasteiger partial charge on any atom is 0.0582 e. The Bertz CT molecular complexity index is 206. The predicted octanol–water partition coefficient (Wildman–Crippen LogP) is 1.55. The fourth-order valence-electron chi connectivity index (χ4n) is 2.83. The van der Waals surface area contributed by atoms with Gasteiger partial charge in [0.05, 0.1) is 6.10 Å². The predicted molar refractivity (Wildman–Crippen MR) is 51.6 cm³/mol. The minimum Gasteiger partial charge on any atom is -0.381 e. The first-order valence-corrected chi connectivity index (χ1v) is 5.59. The molecular weight excluding hydrogens is 162 g/mol. The van der Waals surface area contributed by atoms with Crippen LogP contribution in [0.3, 0.4) is 0 Å². The molecule has 0 heterocycles. The summed E-state index contributed by atoms with van der Waals surface area (Å²) in [4.78, 5) is 0. The number of hydrogen-bond acceptors (Lipinski definition) is 2. The molecule has 0 amide bonds. The third kappa shape index (κ3) is 1.40. The molecule has 3 fully saturated rings. The second-order valence-electron chi connectivity index (χ2n) is 5.21. The van der Waals surface area contributed by atoms with Crippen molar-refractivity contribution in [3.63, 3.8) is 0 Å². The van der Waals surface area contributed by atoms with Crippen molar-refractivity contribution in [3.05, 3.63) is 0 Å². The fraction of sp³-hybridized carbons (Fsp3) is 1.00. The first-order valence-electron chi connectivity index (χ1n) is 5.59. The summed E-state index contributed by atoms with van der Waals surface area (Å²) in [5, 5.41) is 3.63. The van der Waals surface area contributed by atoms with E-state index in [0.29, 0.717) is 6.10 Å². The Morgan fingerprint density at radius 2 is 2.08 bits per heavy atom. The lowest BCUT2D eigenvalue weighted by atomic mass is 9.77. The molecule has 0 aliphatic heterocycles. The van der Waals surface area contributed by atoms with Gasteiger partial charge in [0, 0.05) is 13.2 Å². The van der Waals surface area contributed by atoms with E-state index in [4.69, 9.17) is 4.74 Å². The van der Waals surface area contributed by atoms with Gasteiger partial charge in [-0.25, -0.2) is 0 Å². The van der Waals surface area contributed by atoms with Crippen LogP contribution in [0.4, 0.5) is 0 Å². The van der Waals surface area contributed by atoms with Crippen molar-refractivity contribution in [2.45, 2.75) is 44.2 Å². The van der Waals surface area contributed by atoms with Crippen LogP contribution >= 0.6 is 0 Å². The van der Waals surface area contributed by atoms with E-state index in [9.17, 15) is 0 Å². The molecule has 2 nitrogen and oxygen atoms in total. The molecule has 1 unspecified atom stereocenters. The minimum atomic E-state index is 0.589. The van der Waals surface area contributed by atoms with Gasteiger partial charge < -0.3 is 10.1 Å². The quantitative estimate of drug-likeness (QED) is 0.710. The average Bonchev–Trinajstić information content (AvgIpc) is 2.93. The Morgan fingerprint density at radius 3 is 2.69 bits per heavy atom. The first kappa shape index (κ1) is 8.25. The van der Waals surface area contributed by atoms with Crippen LogP contribution in [-0.2, 0) is 4.74 Å². The zero-order chi connectivity index (χ0) is 8.89. The molecule has 13 heavy (non-hydrogen) atoms. The summed E-state index contributed by atoms with van der Waals surface area (Å²) in [6.45, 7) is 1.28. The smallest absolute Gasteiger partial charge is 0.0582 e. The van der Waals surface area contributed by atoms with Gasteiger partial charge in [0.1, 0.15) is 0 Å². The Balaban J connectivity index is 1.40. The lowest BCUT2D eigenvalue weighted by molar-refractivity contribution is -0.0170. The van der Waals surface area contributed by atoms with Crippen molar-refractivity contribution in [3.8, 4) is 0 Å². The number of methoxy groups -OCH3 is 1. The molecule has 3 aliphatic rings. The van der Waals surface area contributed by atoms with Gasteiger partial charge in [-0.3, -0.25) is 0 Å². The average molecular weight is 181 g/mol. The van der Waals surface area contributed by atoms with Crippen LogP contribution in [0.5, 0.6) is 0 Å². The maximum absolute atomic E-state index is 5.33. The second kappa shape index (κ2) is 2.71. The van der Waals surface area contributed by atoms with Crippen LogP contribution in [0.1, 0.15) is 32.1 Å². The third-order valence-corrected chi connectivity index (χ3v) is 4.19. The standard InChI is InChI=1S/C11H19NO/c1-13-10-5-11(6-10)4-8(11)7-12-9-2-3-9/h8-10,12H,2-7H2,1H3. The molecule has 0 saturated heterocycles. The highest BCUT2D eigenvalue weighted by Gasteiger charge is 2.61. The molecule has 3 aliphatic carbocycles. The molecule has 74 valence electrons. The SMILES string of the molecule is COC1CC2(C1)CC2CNC1CC1. The highest BCUT2D eigenvalue weighted by atomic mass is 16.5. The number of ether oxygens (including phenoxy) is 1. The van der Waals surface area contributed by atoms with Crippen LogP contribution in [0.2, 0.25) is 0 Å². The molecule has 1 spiro atoms. The van der Waals surface area contributed by atoms with E-state index in [2.05, 4.69) is 5.32 Å². The topological polar surface area (TPSA) is 21.3 Å². The Hall–Kier alpha value is -0.0800. The lowest BCUT2D eigenvalue weighted by Gasteiger charge is -2.35. The van der Waals surface area contributed by atoms with E-state index >= 15 is 0 Å².